The number of amides is 1. The molecule has 5 heteroatoms. The van der Waals surface area contributed by atoms with Gasteiger partial charge in [-0.15, -0.1) is 6.58 Å². The molecule has 0 aliphatic heterocycles. The molecule has 0 radical (unpaired) electrons. The van der Waals surface area contributed by atoms with Crippen molar-refractivity contribution in [1.29, 1.82) is 0 Å². The maximum atomic E-state index is 12.6. The molecule has 0 fully saturated rings. The maximum absolute atomic E-state index is 12.6. The highest BCUT2D eigenvalue weighted by molar-refractivity contribution is 6.08. The van der Waals surface area contributed by atoms with Crippen molar-refractivity contribution < 1.29 is 14.7 Å². The largest absolute Gasteiger partial charge is 0.480 e. The first-order valence-corrected chi connectivity index (χ1v) is 6.24. The quantitative estimate of drug-likeness (QED) is 0.819. The molecule has 0 aliphatic rings. The molecule has 0 atom stereocenters. The highest BCUT2D eigenvalue weighted by Gasteiger charge is 2.22. The minimum absolute atomic E-state index is 0.198. The molecule has 0 saturated carbocycles. The van der Waals surface area contributed by atoms with Crippen LogP contribution in [0.15, 0.2) is 36.9 Å². The maximum Gasteiger partial charge on any atom is 0.323 e. The fourth-order valence-corrected chi connectivity index (χ4v) is 2.25. The van der Waals surface area contributed by atoms with Crippen LogP contribution in [0.4, 0.5) is 0 Å². The van der Waals surface area contributed by atoms with Gasteiger partial charge in [-0.05, 0) is 13.0 Å². The predicted octanol–water partition coefficient (Wildman–Crippen LogP) is 2.19. The Morgan fingerprint density at radius 2 is 2.10 bits per heavy atom. The van der Waals surface area contributed by atoms with Crippen LogP contribution >= 0.6 is 0 Å². The molecule has 1 amide bonds. The van der Waals surface area contributed by atoms with Gasteiger partial charge in [0.15, 0.2) is 0 Å². The van der Waals surface area contributed by atoms with Gasteiger partial charge in [-0.2, -0.15) is 0 Å². The van der Waals surface area contributed by atoms with Gasteiger partial charge in [0.25, 0.3) is 5.91 Å². The second-order valence-electron chi connectivity index (χ2n) is 4.54. The van der Waals surface area contributed by atoms with Crippen LogP contribution in [-0.4, -0.2) is 40.0 Å². The SMILES string of the molecule is C=CCN(CC(=O)O)C(=O)c1c(C)[nH]c2ccccc12. The van der Waals surface area contributed by atoms with Crippen LogP contribution < -0.4 is 0 Å². The number of aliphatic carboxylic acids is 1. The Hall–Kier alpha value is -2.56. The van der Waals surface area contributed by atoms with Crippen LogP contribution in [0, 0.1) is 6.92 Å². The second-order valence-corrected chi connectivity index (χ2v) is 4.54. The highest BCUT2D eigenvalue weighted by atomic mass is 16.4. The van der Waals surface area contributed by atoms with Crippen molar-refractivity contribution in [2.75, 3.05) is 13.1 Å². The van der Waals surface area contributed by atoms with Crippen LogP contribution in [0.1, 0.15) is 16.1 Å². The monoisotopic (exact) mass is 272 g/mol. The number of carboxylic acid groups (broad SMARTS) is 1. The molecule has 0 aliphatic carbocycles. The van der Waals surface area contributed by atoms with Crippen molar-refractivity contribution >= 4 is 22.8 Å². The molecule has 1 aromatic heterocycles. The van der Waals surface area contributed by atoms with E-state index in [1.807, 2.05) is 24.3 Å². The highest BCUT2D eigenvalue weighted by Crippen LogP contribution is 2.23. The summed E-state index contributed by atoms with van der Waals surface area (Å²) in [7, 11) is 0. The standard InChI is InChI=1S/C15H16N2O3/c1-3-8-17(9-13(18)19)15(20)14-10(2)16-12-7-5-4-6-11(12)14/h3-7,16H,1,8-9H2,2H3,(H,18,19). The molecule has 2 aromatic rings. The number of carbonyl (C=O) groups excluding carboxylic acids is 1. The molecule has 0 unspecified atom stereocenters. The zero-order valence-electron chi connectivity index (χ0n) is 11.2. The van der Waals surface area contributed by atoms with Crippen molar-refractivity contribution in [2.45, 2.75) is 6.92 Å². The Morgan fingerprint density at radius 3 is 2.75 bits per heavy atom. The number of fused-ring (bicyclic) bond motifs is 1. The smallest absolute Gasteiger partial charge is 0.323 e. The Morgan fingerprint density at radius 1 is 1.40 bits per heavy atom. The van der Waals surface area contributed by atoms with Gasteiger partial charge in [-0.3, -0.25) is 9.59 Å². The molecule has 5 nitrogen and oxygen atoms in total. The van der Waals surface area contributed by atoms with E-state index in [0.717, 1.165) is 16.6 Å². The van der Waals surface area contributed by atoms with E-state index in [2.05, 4.69) is 11.6 Å². The third-order valence-corrected chi connectivity index (χ3v) is 3.07. The molecular formula is C15H16N2O3. The number of H-pyrrole nitrogens is 1. The molecule has 1 heterocycles. The normalized spacial score (nSPS) is 10.4. The lowest BCUT2D eigenvalue weighted by Crippen LogP contribution is -2.36. The first-order chi connectivity index (χ1) is 9.54. The van der Waals surface area contributed by atoms with Crippen LogP contribution in [0.2, 0.25) is 0 Å². The zero-order chi connectivity index (χ0) is 14.7. The van der Waals surface area contributed by atoms with E-state index in [4.69, 9.17) is 5.11 Å². The summed E-state index contributed by atoms with van der Waals surface area (Å²) in [5, 5.41) is 9.70. The van der Waals surface area contributed by atoms with Crippen LogP contribution in [0.25, 0.3) is 10.9 Å². The van der Waals surface area contributed by atoms with Gasteiger partial charge in [0.2, 0.25) is 0 Å². The Balaban J connectivity index is 2.45. The number of carboxylic acids is 1. The van der Waals surface area contributed by atoms with Crippen molar-refractivity contribution in [3.05, 3.63) is 48.2 Å². The number of hydrogen-bond acceptors (Lipinski definition) is 2. The number of hydrogen-bond donors (Lipinski definition) is 2. The van der Waals surface area contributed by atoms with E-state index in [-0.39, 0.29) is 19.0 Å². The number of aryl methyl sites for hydroxylation is 1. The van der Waals surface area contributed by atoms with E-state index < -0.39 is 5.97 Å². The Kier molecular flexibility index (Phi) is 3.89. The average Bonchev–Trinajstić information content (AvgIpc) is 2.72. The first-order valence-electron chi connectivity index (χ1n) is 6.24. The van der Waals surface area contributed by atoms with Gasteiger partial charge in [0.05, 0.1) is 5.56 Å². The number of rotatable bonds is 5. The van der Waals surface area contributed by atoms with E-state index in [1.165, 1.54) is 11.0 Å². The Bertz CT molecular complexity index is 673. The van der Waals surface area contributed by atoms with Crippen molar-refractivity contribution in [3.63, 3.8) is 0 Å². The lowest BCUT2D eigenvalue weighted by Gasteiger charge is -2.19. The third-order valence-electron chi connectivity index (χ3n) is 3.07. The predicted molar refractivity (Wildman–Crippen MR) is 76.8 cm³/mol. The topological polar surface area (TPSA) is 73.4 Å². The van der Waals surface area contributed by atoms with Crippen LogP contribution in [-0.2, 0) is 4.79 Å². The summed E-state index contributed by atoms with van der Waals surface area (Å²) in [5.41, 5.74) is 2.11. The number of aromatic amines is 1. The van der Waals surface area contributed by atoms with E-state index in [9.17, 15) is 9.59 Å². The molecule has 0 saturated heterocycles. The van der Waals surface area contributed by atoms with Crippen molar-refractivity contribution in [1.82, 2.24) is 9.88 Å². The molecule has 20 heavy (non-hydrogen) atoms. The number of carbonyl (C=O) groups is 2. The van der Waals surface area contributed by atoms with Gasteiger partial charge >= 0.3 is 5.97 Å². The minimum atomic E-state index is -1.04. The second kappa shape index (κ2) is 5.61. The van der Waals surface area contributed by atoms with E-state index >= 15 is 0 Å². The summed E-state index contributed by atoms with van der Waals surface area (Å²) >= 11 is 0. The molecule has 2 rings (SSSR count). The molecular weight excluding hydrogens is 256 g/mol. The molecule has 0 bridgehead atoms. The van der Waals surface area contributed by atoms with E-state index in [0.29, 0.717) is 5.56 Å². The van der Waals surface area contributed by atoms with Crippen molar-refractivity contribution in [2.24, 2.45) is 0 Å². The minimum Gasteiger partial charge on any atom is -0.480 e. The van der Waals surface area contributed by atoms with Crippen molar-refractivity contribution in [3.8, 4) is 0 Å². The molecule has 2 N–H and O–H groups in total. The fraction of sp³-hybridized carbons (Fsp3) is 0.200. The Labute approximate surface area is 116 Å². The van der Waals surface area contributed by atoms with Gasteiger partial charge in [0, 0.05) is 23.1 Å². The number of nitrogens with zero attached hydrogens (tertiary/aromatic N) is 1. The van der Waals surface area contributed by atoms with Gasteiger partial charge in [-0.25, -0.2) is 0 Å². The summed E-state index contributed by atoms with van der Waals surface area (Å²) < 4.78 is 0. The summed E-state index contributed by atoms with van der Waals surface area (Å²) in [6.45, 7) is 5.22. The summed E-state index contributed by atoms with van der Waals surface area (Å²) in [6.07, 6.45) is 1.52. The van der Waals surface area contributed by atoms with Crippen LogP contribution in [0.5, 0.6) is 0 Å². The fourth-order valence-electron chi connectivity index (χ4n) is 2.25. The number of para-hydroxylation sites is 1. The zero-order valence-corrected chi connectivity index (χ0v) is 11.2. The van der Waals surface area contributed by atoms with E-state index in [1.54, 1.807) is 6.92 Å². The first kappa shape index (κ1) is 13.9. The lowest BCUT2D eigenvalue weighted by molar-refractivity contribution is -0.137. The van der Waals surface area contributed by atoms with Gasteiger partial charge in [-0.1, -0.05) is 24.3 Å². The number of aromatic nitrogens is 1. The third kappa shape index (κ3) is 2.56. The summed E-state index contributed by atoms with van der Waals surface area (Å²) in [6, 6.07) is 7.46. The van der Waals surface area contributed by atoms with Crippen LogP contribution in [0.3, 0.4) is 0 Å². The molecule has 104 valence electrons. The van der Waals surface area contributed by atoms with Gasteiger partial charge < -0.3 is 15.0 Å². The number of benzene rings is 1. The summed E-state index contributed by atoms with van der Waals surface area (Å²) in [4.78, 5) is 27.8. The molecule has 1 aromatic carbocycles. The number of nitrogens with one attached hydrogen (secondary N) is 1. The summed E-state index contributed by atoms with van der Waals surface area (Å²) in [5.74, 6) is -1.35. The average molecular weight is 272 g/mol. The lowest BCUT2D eigenvalue weighted by atomic mass is 10.1. The van der Waals surface area contributed by atoms with Gasteiger partial charge in [0.1, 0.15) is 6.54 Å². The molecule has 0 spiro atoms.